The van der Waals surface area contributed by atoms with Crippen molar-refractivity contribution < 1.29 is 9.59 Å². The van der Waals surface area contributed by atoms with Crippen LogP contribution in [0, 0.1) is 3.57 Å². The molecule has 2 aliphatic rings. The third-order valence-electron chi connectivity index (χ3n) is 5.20. The average molecular weight is 473 g/mol. The topological polar surface area (TPSA) is 61.4 Å². The molecule has 0 aromatic heterocycles. The molecule has 0 aliphatic carbocycles. The molecule has 1 atom stereocenters. The molecule has 27 heavy (non-hydrogen) atoms. The van der Waals surface area contributed by atoms with Gasteiger partial charge in [-0.1, -0.05) is 18.2 Å². The highest BCUT2D eigenvalue weighted by molar-refractivity contribution is 14.1. The molecular formula is C21H20IN3O2. The number of carbonyl (C=O) groups excluding carboxylic acids is 2. The fraction of sp³-hybridized carbons (Fsp3) is 0.238. The fourth-order valence-corrected chi connectivity index (χ4v) is 4.55. The van der Waals surface area contributed by atoms with Crippen LogP contribution in [0.3, 0.4) is 0 Å². The summed E-state index contributed by atoms with van der Waals surface area (Å²) in [5.74, 6) is -0.732. The average Bonchev–Trinajstić information content (AvgIpc) is 3.08. The van der Waals surface area contributed by atoms with E-state index in [1.165, 1.54) is 18.4 Å². The quantitative estimate of drug-likeness (QED) is 0.405. The lowest BCUT2D eigenvalue weighted by Crippen LogP contribution is -2.37. The minimum atomic E-state index is -0.381. The predicted molar refractivity (Wildman–Crippen MR) is 114 cm³/mol. The Morgan fingerprint density at radius 1 is 1.15 bits per heavy atom. The minimum absolute atomic E-state index is 0.351. The van der Waals surface area contributed by atoms with E-state index in [4.69, 9.17) is 0 Å². The van der Waals surface area contributed by atoms with Crippen LogP contribution in [0.5, 0.6) is 0 Å². The number of hydrogen-bond donors (Lipinski definition) is 2. The van der Waals surface area contributed by atoms with Gasteiger partial charge in [-0.25, -0.2) is 0 Å². The maximum atomic E-state index is 12.4. The lowest BCUT2D eigenvalue weighted by molar-refractivity contribution is -0.114. The molecule has 2 aliphatic heterocycles. The summed E-state index contributed by atoms with van der Waals surface area (Å²) in [5, 5.41) is 5.61. The van der Waals surface area contributed by atoms with Crippen LogP contribution in [0.15, 0.2) is 48.7 Å². The highest BCUT2D eigenvalue weighted by Crippen LogP contribution is 2.31. The molecule has 5 nitrogen and oxygen atoms in total. The number of benzene rings is 2. The van der Waals surface area contributed by atoms with E-state index in [1.807, 2.05) is 24.3 Å². The highest BCUT2D eigenvalue weighted by atomic mass is 127. The first-order valence-electron chi connectivity index (χ1n) is 8.96. The Morgan fingerprint density at radius 2 is 1.93 bits per heavy atom. The Bertz CT molecular complexity index is 937. The second kappa shape index (κ2) is 7.44. The van der Waals surface area contributed by atoms with Crippen molar-refractivity contribution in [1.29, 1.82) is 0 Å². The highest BCUT2D eigenvalue weighted by Gasteiger charge is 2.28. The number of fused-ring (bicyclic) bond motifs is 1. The Kier molecular flexibility index (Phi) is 5.01. The van der Waals surface area contributed by atoms with Gasteiger partial charge in [-0.05, 0) is 78.9 Å². The lowest BCUT2D eigenvalue weighted by Gasteiger charge is -2.20. The zero-order valence-electron chi connectivity index (χ0n) is 15.0. The third kappa shape index (κ3) is 3.51. The molecular weight excluding hydrogens is 453 g/mol. The number of anilines is 1. The molecule has 2 aromatic rings. The van der Waals surface area contributed by atoms with Crippen LogP contribution >= 0.6 is 22.6 Å². The first-order valence-corrected chi connectivity index (χ1v) is 10.0. The van der Waals surface area contributed by atoms with E-state index in [1.54, 1.807) is 12.3 Å². The van der Waals surface area contributed by atoms with E-state index < -0.39 is 0 Å². The maximum Gasteiger partial charge on any atom is 0.260 e. The molecule has 0 spiro atoms. The van der Waals surface area contributed by atoms with Crippen LogP contribution in [-0.2, 0) is 4.79 Å². The maximum absolute atomic E-state index is 12.4. The van der Waals surface area contributed by atoms with Crippen molar-refractivity contribution in [1.82, 2.24) is 10.2 Å². The summed E-state index contributed by atoms with van der Waals surface area (Å²) in [6.45, 7) is 1.14. The van der Waals surface area contributed by atoms with Gasteiger partial charge in [0.1, 0.15) is 0 Å². The van der Waals surface area contributed by atoms with Crippen LogP contribution in [0.2, 0.25) is 0 Å². The second-order valence-electron chi connectivity index (χ2n) is 6.91. The summed E-state index contributed by atoms with van der Waals surface area (Å²) >= 11 is 2.16. The molecule has 138 valence electrons. The molecule has 2 aromatic carbocycles. The Labute approximate surface area is 172 Å². The van der Waals surface area contributed by atoms with Crippen LogP contribution in [0.1, 0.15) is 40.4 Å². The molecule has 1 fully saturated rings. The summed E-state index contributed by atoms with van der Waals surface area (Å²) < 4.78 is 0.876. The van der Waals surface area contributed by atoms with E-state index in [0.717, 1.165) is 15.8 Å². The summed E-state index contributed by atoms with van der Waals surface area (Å²) in [7, 11) is 2.16. The summed E-state index contributed by atoms with van der Waals surface area (Å²) in [6, 6.07) is 14.3. The number of likely N-dealkylation sites (tertiary alicyclic amines) is 1. The van der Waals surface area contributed by atoms with Gasteiger partial charge < -0.3 is 5.32 Å². The number of hydrogen-bond acceptors (Lipinski definition) is 4. The first kappa shape index (κ1) is 18.2. The minimum Gasteiger partial charge on any atom is -0.361 e. The second-order valence-corrected chi connectivity index (χ2v) is 8.07. The van der Waals surface area contributed by atoms with Gasteiger partial charge in [0.05, 0.1) is 5.57 Å². The Hall–Kier alpha value is -2.19. The third-order valence-corrected chi connectivity index (χ3v) is 6.10. The molecule has 0 bridgehead atoms. The van der Waals surface area contributed by atoms with Crippen molar-refractivity contribution in [3.63, 3.8) is 0 Å². The molecule has 1 saturated heterocycles. The number of halogens is 1. The smallest absolute Gasteiger partial charge is 0.260 e. The molecule has 2 N–H and O–H groups in total. The molecule has 1 unspecified atom stereocenters. The van der Waals surface area contributed by atoms with Gasteiger partial charge >= 0.3 is 0 Å². The van der Waals surface area contributed by atoms with Crippen molar-refractivity contribution >= 4 is 45.7 Å². The van der Waals surface area contributed by atoms with Crippen molar-refractivity contribution in [2.75, 3.05) is 18.9 Å². The van der Waals surface area contributed by atoms with E-state index in [-0.39, 0.29) is 11.8 Å². The zero-order valence-corrected chi connectivity index (χ0v) is 17.1. The van der Waals surface area contributed by atoms with E-state index in [9.17, 15) is 9.59 Å². The molecule has 0 saturated carbocycles. The van der Waals surface area contributed by atoms with Gasteiger partial charge in [-0.15, -0.1) is 0 Å². The number of nitrogens with zero attached hydrogens (tertiary/aromatic N) is 1. The van der Waals surface area contributed by atoms with Gasteiger partial charge in [0, 0.05) is 32.6 Å². The van der Waals surface area contributed by atoms with Crippen LogP contribution in [-0.4, -0.2) is 30.3 Å². The Balaban J connectivity index is 1.59. The summed E-state index contributed by atoms with van der Waals surface area (Å²) in [5.41, 5.74) is 3.89. The monoisotopic (exact) mass is 473 g/mol. The van der Waals surface area contributed by atoms with Crippen molar-refractivity contribution in [3.05, 3.63) is 68.9 Å². The molecule has 4 rings (SSSR count). The molecule has 2 heterocycles. The van der Waals surface area contributed by atoms with Gasteiger partial charge in [-0.2, -0.15) is 0 Å². The molecule has 6 heteroatoms. The SMILES string of the molecule is CN1CCCC1c1ccc(NC=C2C(=O)NC(=O)c3cccc(I)c32)cc1. The van der Waals surface area contributed by atoms with E-state index in [0.29, 0.717) is 22.7 Å². The number of imide groups is 1. The first-order chi connectivity index (χ1) is 13.0. The number of carbonyl (C=O) groups is 2. The van der Waals surface area contributed by atoms with Gasteiger partial charge in [0.25, 0.3) is 11.8 Å². The van der Waals surface area contributed by atoms with Gasteiger partial charge in [0.15, 0.2) is 0 Å². The predicted octanol–water partition coefficient (Wildman–Crippen LogP) is 3.78. The van der Waals surface area contributed by atoms with Crippen molar-refractivity contribution in [2.45, 2.75) is 18.9 Å². The van der Waals surface area contributed by atoms with E-state index >= 15 is 0 Å². The largest absolute Gasteiger partial charge is 0.361 e. The normalized spacial score (nSPS) is 21.3. The van der Waals surface area contributed by atoms with E-state index in [2.05, 4.69) is 57.3 Å². The number of nitrogens with one attached hydrogen (secondary N) is 2. The fourth-order valence-electron chi connectivity index (χ4n) is 3.76. The van der Waals surface area contributed by atoms with Crippen LogP contribution in [0.25, 0.3) is 5.57 Å². The van der Waals surface area contributed by atoms with Crippen LogP contribution < -0.4 is 10.6 Å². The Morgan fingerprint density at radius 3 is 2.63 bits per heavy atom. The lowest BCUT2D eigenvalue weighted by atomic mass is 9.95. The van der Waals surface area contributed by atoms with Gasteiger partial charge in [-0.3, -0.25) is 19.8 Å². The molecule has 0 radical (unpaired) electrons. The number of amides is 2. The van der Waals surface area contributed by atoms with Crippen molar-refractivity contribution in [2.24, 2.45) is 0 Å². The zero-order chi connectivity index (χ0) is 19.0. The van der Waals surface area contributed by atoms with Crippen LogP contribution in [0.4, 0.5) is 5.69 Å². The standard InChI is InChI=1S/C21H20IN3O2/c1-25-11-3-6-18(25)13-7-9-14(10-8-13)23-12-16-19-15(4-2-5-17(19)22)20(26)24-21(16)27/h2,4-5,7-10,12,18,23H,3,6,11H2,1H3,(H,24,26,27). The summed E-state index contributed by atoms with van der Waals surface area (Å²) in [4.78, 5) is 26.8. The summed E-state index contributed by atoms with van der Waals surface area (Å²) in [6.07, 6.45) is 4.11. The number of rotatable bonds is 3. The molecule has 2 amide bonds. The van der Waals surface area contributed by atoms with Gasteiger partial charge in [0.2, 0.25) is 0 Å². The van der Waals surface area contributed by atoms with Crippen molar-refractivity contribution in [3.8, 4) is 0 Å².